The molecule has 88 valence electrons. The number of aliphatic hydroxyl groups is 1. The lowest BCUT2D eigenvalue weighted by Crippen LogP contribution is -2.02. The molecule has 0 radical (unpaired) electrons. The van der Waals surface area contributed by atoms with Crippen LogP contribution in [0.25, 0.3) is 0 Å². The summed E-state index contributed by atoms with van der Waals surface area (Å²) in [4.78, 5) is 0. The van der Waals surface area contributed by atoms with Crippen LogP contribution in [0.15, 0.2) is 48.5 Å². The van der Waals surface area contributed by atoms with E-state index in [1.54, 1.807) is 0 Å². The summed E-state index contributed by atoms with van der Waals surface area (Å²) in [7, 11) is 0. The van der Waals surface area contributed by atoms with Crippen LogP contribution in [0.3, 0.4) is 0 Å². The number of nitrogen functional groups attached to an aromatic ring is 1. The molecule has 0 aliphatic rings. The minimum atomic E-state index is -0.499. The van der Waals surface area contributed by atoms with E-state index in [1.807, 2.05) is 36.4 Å². The second kappa shape index (κ2) is 5.02. The number of hydrogen-bond acceptors (Lipinski definition) is 2. The van der Waals surface area contributed by atoms with Crippen LogP contribution >= 0.6 is 0 Å². The lowest BCUT2D eigenvalue weighted by Gasteiger charge is -2.11. The normalized spacial score (nSPS) is 12.4. The highest BCUT2D eigenvalue weighted by atomic mass is 16.3. The maximum Gasteiger partial charge on any atom is 0.0831 e. The van der Waals surface area contributed by atoms with Gasteiger partial charge in [-0.25, -0.2) is 0 Å². The van der Waals surface area contributed by atoms with Crippen molar-refractivity contribution in [3.8, 4) is 0 Å². The van der Waals surface area contributed by atoms with Crippen molar-refractivity contribution >= 4 is 5.69 Å². The molecule has 2 nitrogen and oxygen atoms in total. The fraction of sp³-hybridized carbons (Fsp3) is 0.200. The van der Waals surface area contributed by atoms with Gasteiger partial charge in [-0.3, -0.25) is 0 Å². The molecule has 2 heteroatoms. The number of rotatable bonds is 3. The quantitative estimate of drug-likeness (QED) is 0.792. The largest absolute Gasteiger partial charge is 0.399 e. The zero-order valence-electron chi connectivity index (χ0n) is 9.93. The third-order valence-electron chi connectivity index (χ3n) is 2.85. The predicted octanol–water partition coefficient (Wildman–Crippen LogP) is 2.85. The van der Waals surface area contributed by atoms with Crippen molar-refractivity contribution in [1.82, 2.24) is 0 Å². The molecule has 2 rings (SSSR count). The first-order valence-electron chi connectivity index (χ1n) is 5.74. The predicted molar refractivity (Wildman–Crippen MR) is 70.7 cm³/mol. The summed E-state index contributed by atoms with van der Waals surface area (Å²) in [5.74, 6) is 0. The third kappa shape index (κ3) is 3.08. The van der Waals surface area contributed by atoms with Crippen LogP contribution in [0.1, 0.15) is 22.8 Å². The SMILES string of the molecule is Cc1ccc(CC(O)c2cccc(N)c2)cc1. The summed E-state index contributed by atoms with van der Waals surface area (Å²) >= 11 is 0. The molecule has 0 aliphatic carbocycles. The second-order valence-corrected chi connectivity index (χ2v) is 4.38. The highest BCUT2D eigenvalue weighted by Crippen LogP contribution is 2.20. The molecule has 0 amide bonds. The van der Waals surface area contributed by atoms with Crippen LogP contribution < -0.4 is 5.73 Å². The van der Waals surface area contributed by atoms with Gasteiger partial charge < -0.3 is 10.8 Å². The molecule has 2 aromatic rings. The van der Waals surface area contributed by atoms with Crippen molar-refractivity contribution < 1.29 is 5.11 Å². The van der Waals surface area contributed by atoms with E-state index in [0.717, 1.165) is 11.1 Å². The molecule has 17 heavy (non-hydrogen) atoms. The summed E-state index contributed by atoms with van der Waals surface area (Å²) in [6.07, 6.45) is 0.116. The Bertz CT molecular complexity index is 491. The Hall–Kier alpha value is -1.80. The molecule has 0 saturated carbocycles. The Morgan fingerprint density at radius 2 is 1.82 bits per heavy atom. The lowest BCUT2D eigenvalue weighted by molar-refractivity contribution is 0.178. The first kappa shape index (κ1) is 11.7. The third-order valence-corrected chi connectivity index (χ3v) is 2.85. The molecule has 0 bridgehead atoms. The van der Waals surface area contributed by atoms with Crippen LogP contribution in [0.4, 0.5) is 5.69 Å². The average Bonchev–Trinajstić information content (AvgIpc) is 2.32. The Labute approximate surface area is 102 Å². The topological polar surface area (TPSA) is 46.2 Å². The van der Waals surface area contributed by atoms with Gasteiger partial charge in [-0.1, -0.05) is 42.0 Å². The zero-order valence-corrected chi connectivity index (χ0v) is 9.93. The van der Waals surface area contributed by atoms with Gasteiger partial charge in [-0.15, -0.1) is 0 Å². The molecule has 2 aromatic carbocycles. The fourth-order valence-corrected chi connectivity index (χ4v) is 1.83. The lowest BCUT2D eigenvalue weighted by atomic mass is 10.0. The molecular weight excluding hydrogens is 210 g/mol. The van der Waals surface area contributed by atoms with Crippen LogP contribution in [0.2, 0.25) is 0 Å². The molecule has 1 unspecified atom stereocenters. The molecule has 3 N–H and O–H groups in total. The van der Waals surface area contributed by atoms with Crippen LogP contribution in [0.5, 0.6) is 0 Å². The van der Waals surface area contributed by atoms with E-state index in [-0.39, 0.29) is 0 Å². The van der Waals surface area contributed by atoms with Crippen LogP contribution in [-0.2, 0) is 6.42 Å². The summed E-state index contributed by atoms with van der Waals surface area (Å²) in [6, 6.07) is 15.6. The van der Waals surface area contributed by atoms with E-state index in [0.29, 0.717) is 12.1 Å². The smallest absolute Gasteiger partial charge is 0.0831 e. The van der Waals surface area contributed by atoms with Crippen molar-refractivity contribution in [1.29, 1.82) is 0 Å². The van der Waals surface area contributed by atoms with E-state index in [4.69, 9.17) is 5.73 Å². The van der Waals surface area contributed by atoms with Gasteiger partial charge in [0.25, 0.3) is 0 Å². The van der Waals surface area contributed by atoms with Gasteiger partial charge in [0, 0.05) is 12.1 Å². The molecule has 0 spiro atoms. The summed E-state index contributed by atoms with van der Waals surface area (Å²) in [5.41, 5.74) is 9.61. The molecule has 0 heterocycles. The van der Waals surface area contributed by atoms with Gasteiger partial charge in [-0.05, 0) is 30.2 Å². The molecule has 1 atom stereocenters. The Morgan fingerprint density at radius 3 is 2.47 bits per heavy atom. The highest BCUT2D eigenvalue weighted by Gasteiger charge is 2.08. The van der Waals surface area contributed by atoms with Crippen molar-refractivity contribution in [2.45, 2.75) is 19.4 Å². The minimum absolute atomic E-state index is 0.499. The molecular formula is C15H17NO. The first-order valence-corrected chi connectivity index (χ1v) is 5.74. The van der Waals surface area contributed by atoms with E-state index in [2.05, 4.69) is 19.1 Å². The van der Waals surface area contributed by atoms with Crippen molar-refractivity contribution in [2.24, 2.45) is 0 Å². The molecule has 0 aliphatic heterocycles. The Morgan fingerprint density at radius 1 is 1.12 bits per heavy atom. The van der Waals surface area contributed by atoms with Gasteiger partial charge in [0.2, 0.25) is 0 Å². The summed E-state index contributed by atoms with van der Waals surface area (Å²) in [5, 5.41) is 10.1. The van der Waals surface area contributed by atoms with Crippen LogP contribution in [-0.4, -0.2) is 5.11 Å². The number of aliphatic hydroxyl groups excluding tert-OH is 1. The average molecular weight is 227 g/mol. The monoisotopic (exact) mass is 227 g/mol. The van der Waals surface area contributed by atoms with Crippen molar-refractivity contribution in [3.05, 3.63) is 65.2 Å². The van der Waals surface area contributed by atoms with E-state index in [1.165, 1.54) is 5.56 Å². The number of hydrogen-bond donors (Lipinski definition) is 2. The van der Waals surface area contributed by atoms with Crippen molar-refractivity contribution in [2.75, 3.05) is 5.73 Å². The van der Waals surface area contributed by atoms with Gasteiger partial charge in [0.15, 0.2) is 0 Å². The van der Waals surface area contributed by atoms with Crippen LogP contribution in [0, 0.1) is 6.92 Å². The Balaban J connectivity index is 2.11. The molecule has 0 fully saturated rings. The van der Waals surface area contributed by atoms with E-state index >= 15 is 0 Å². The summed E-state index contributed by atoms with van der Waals surface area (Å²) < 4.78 is 0. The number of nitrogens with two attached hydrogens (primary N) is 1. The van der Waals surface area contributed by atoms with Gasteiger partial charge in [0.05, 0.1) is 6.10 Å². The molecule has 0 saturated heterocycles. The minimum Gasteiger partial charge on any atom is -0.399 e. The maximum atomic E-state index is 10.1. The van der Waals surface area contributed by atoms with Crippen molar-refractivity contribution in [3.63, 3.8) is 0 Å². The van der Waals surface area contributed by atoms with Gasteiger partial charge in [0.1, 0.15) is 0 Å². The molecule has 0 aromatic heterocycles. The Kier molecular flexibility index (Phi) is 3.45. The number of aryl methyl sites for hydroxylation is 1. The zero-order chi connectivity index (χ0) is 12.3. The van der Waals surface area contributed by atoms with Gasteiger partial charge in [-0.2, -0.15) is 0 Å². The highest BCUT2D eigenvalue weighted by molar-refractivity contribution is 5.41. The van der Waals surface area contributed by atoms with Gasteiger partial charge >= 0.3 is 0 Å². The van der Waals surface area contributed by atoms with E-state index in [9.17, 15) is 5.11 Å². The summed E-state index contributed by atoms with van der Waals surface area (Å²) in [6.45, 7) is 2.05. The number of benzene rings is 2. The van der Waals surface area contributed by atoms with E-state index < -0.39 is 6.10 Å². The maximum absolute atomic E-state index is 10.1. The second-order valence-electron chi connectivity index (χ2n) is 4.38. The first-order chi connectivity index (χ1) is 8.15. The fourth-order valence-electron chi connectivity index (χ4n) is 1.83. The number of anilines is 1. The standard InChI is InChI=1S/C15H17NO/c1-11-5-7-12(8-6-11)9-15(17)13-3-2-4-14(16)10-13/h2-8,10,15,17H,9,16H2,1H3.